The Kier molecular flexibility index (Phi) is 5.76. The Balaban J connectivity index is 3.37. The number of nitrogens with two attached hydrogens (primary N) is 1. The Morgan fingerprint density at radius 2 is 1.92 bits per heavy atom. The first-order chi connectivity index (χ1) is 5.48. The first-order valence-corrected chi connectivity index (χ1v) is 6.21. The fourth-order valence-electron chi connectivity index (χ4n) is 1.01. The van der Waals surface area contributed by atoms with Crippen molar-refractivity contribution in [2.24, 2.45) is 11.1 Å². The molecule has 0 saturated carbocycles. The fourth-order valence-corrected chi connectivity index (χ4v) is 1.62. The van der Waals surface area contributed by atoms with Crippen LogP contribution in [0.25, 0.3) is 0 Å². The van der Waals surface area contributed by atoms with E-state index in [2.05, 4.69) is 13.8 Å². The van der Waals surface area contributed by atoms with Gasteiger partial charge in [0.2, 0.25) is 0 Å². The van der Waals surface area contributed by atoms with E-state index in [4.69, 9.17) is 5.73 Å². The van der Waals surface area contributed by atoms with Crippen molar-refractivity contribution in [2.75, 3.05) is 18.6 Å². The van der Waals surface area contributed by atoms with Crippen molar-refractivity contribution >= 4 is 10.8 Å². The summed E-state index contributed by atoms with van der Waals surface area (Å²) in [7, 11) is -0.627. The van der Waals surface area contributed by atoms with E-state index in [1.807, 2.05) is 0 Å². The van der Waals surface area contributed by atoms with Crippen LogP contribution in [0.4, 0.5) is 0 Å². The quantitative estimate of drug-likeness (QED) is 0.647. The molecule has 0 radical (unpaired) electrons. The van der Waals surface area contributed by atoms with Crippen LogP contribution in [0.2, 0.25) is 0 Å². The van der Waals surface area contributed by atoms with Gasteiger partial charge in [-0.1, -0.05) is 20.3 Å². The predicted molar refractivity (Wildman–Crippen MR) is 55.6 cm³/mol. The molecule has 0 fully saturated rings. The molecule has 1 atom stereocenters. The maximum absolute atomic E-state index is 10.7. The van der Waals surface area contributed by atoms with E-state index in [9.17, 15) is 4.21 Å². The van der Waals surface area contributed by atoms with Gasteiger partial charge in [0, 0.05) is 22.8 Å². The minimum Gasteiger partial charge on any atom is -0.330 e. The summed E-state index contributed by atoms with van der Waals surface area (Å²) in [4.78, 5) is 0. The maximum Gasteiger partial charge on any atom is 0.0232 e. The third-order valence-electron chi connectivity index (χ3n) is 2.09. The average molecular weight is 191 g/mol. The molecule has 0 heterocycles. The number of hydrogen-bond acceptors (Lipinski definition) is 2. The van der Waals surface area contributed by atoms with Gasteiger partial charge in [0.1, 0.15) is 0 Å². The van der Waals surface area contributed by atoms with Crippen molar-refractivity contribution in [3.05, 3.63) is 0 Å². The molecule has 12 heavy (non-hydrogen) atoms. The van der Waals surface area contributed by atoms with Gasteiger partial charge in [-0.3, -0.25) is 4.21 Å². The van der Waals surface area contributed by atoms with Gasteiger partial charge in [0.25, 0.3) is 0 Å². The summed E-state index contributed by atoms with van der Waals surface area (Å²) in [6.07, 6.45) is 5.10. The third-order valence-corrected chi connectivity index (χ3v) is 2.95. The second-order valence-electron chi connectivity index (χ2n) is 4.10. The van der Waals surface area contributed by atoms with Crippen LogP contribution < -0.4 is 5.73 Å². The van der Waals surface area contributed by atoms with Crippen molar-refractivity contribution in [3.8, 4) is 0 Å². The Morgan fingerprint density at radius 1 is 1.33 bits per heavy atom. The molecule has 0 aliphatic rings. The van der Waals surface area contributed by atoms with Crippen molar-refractivity contribution in [1.29, 1.82) is 0 Å². The predicted octanol–water partition coefficient (Wildman–Crippen LogP) is 1.52. The molecule has 0 saturated heterocycles. The molecule has 0 aromatic rings. The first kappa shape index (κ1) is 12.1. The van der Waals surface area contributed by atoms with E-state index in [1.165, 1.54) is 0 Å². The zero-order chi connectivity index (χ0) is 9.61. The maximum atomic E-state index is 10.7. The van der Waals surface area contributed by atoms with E-state index in [-0.39, 0.29) is 5.41 Å². The van der Waals surface area contributed by atoms with Gasteiger partial charge in [-0.25, -0.2) is 0 Å². The molecule has 0 bridgehead atoms. The molecule has 0 spiro atoms. The molecule has 0 aliphatic heterocycles. The molecular formula is C9H21NOS. The van der Waals surface area contributed by atoms with E-state index in [0.717, 1.165) is 31.6 Å². The molecule has 0 aliphatic carbocycles. The summed E-state index contributed by atoms with van der Waals surface area (Å²) >= 11 is 0. The highest BCUT2D eigenvalue weighted by atomic mass is 32.2. The Morgan fingerprint density at radius 3 is 2.33 bits per heavy atom. The smallest absolute Gasteiger partial charge is 0.0232 e. The molecule has 2 N–H and O–H groups in total. The standard InChI is InChI=1S/C9H21NOS/c1-9(2,8-10)6-4-5-7-12(3)11/h4-8,10H2,1-3H3. The molecule has 2 nitrogen and oxygen atoms in total. The average Bonchev–Trinajstić information content (AvgIpc) is 1.98. The van der Waals surface area contributed by atoms with Crippen LogP contribution in [-0.4, -0.2) is 22.8 Å². The summed E-state index contributed by atoms with van der Waals surface area (Å²) in [5.41, 5.74) is 5.85. The first-order valence-electron chi connectivity index (χ1n) is 4.48. The van der Waals surface area contributed by atoms with Crippen LogP contribution in [0, 0.1) is 5.41 Å². The second-order valence-corrected chi connectivity index (χ2v) is 5.66. The highest BCUT2D eigenvalue weighted by molar-refractivity contribution is 7.84. The van der Waals surface area contributed by atoms with Crippen LogP contribution in [-0.2, 0) is 10.8 Å². The lowest BCUT2D eigenvalue weighted by atomic mass is 9.88. The molecule has 0 amide bonds. The molecule has 3 heteroatoms. The minimum atomic E-state index is -0.627. The second kappa shape index (κ2) is 5.70. The van der Waals surface area contributed by atoms with Crippen molar-refractivity contribution in [1.82, 2.24) is 0 Å². The normalized spacial score (nSPS) is 14.7. The van der Waals surface area contributed by atoms with E-state index in [1.54, 1.807) is 6.26 Å². The van der Waals surface area contributed by atoms with Crippen LogP contribution in [0.5, 0.6) is 0 Å². The molecular weight excluding hydrogens is 170 g/mol. The molecule has 0 aromatic carbocycles. The highest BCUT2D eigenvalue weighted by Gasteiger charge is 2.14. The van der Waals surface area contributed by atoms with E-state index >= 15 is 0 Å². The lowest BCUT2D eigenvalue weighted by Gasteiger charge is -2.21. The summed E-state index contributed by atoms with van der Waals surface area (Å²) in [6, 6.07) is 0. The molecule has 1 unspecified atom stereocenters. The molecule has 74 valence electrons. The van der Waals surface area contributed by atoms with E-state index in [0.29, 0.717) is 0 Å². The number of unbranched alkanes of at least 4 members (excludes halogenated alkanes) is 1. The zero-order valence-corrected chi connectivity index (χ0v) is 9.25. The Bertz CT molecular complexity index is 145. The largest absolute Gasteiger partial charge is 0.330 e. The third kappa shape index (κ3) is 6.80. The van der Waals surface area contributed by atoms with Crippen molar-refractivity contribution in [2.45, 2.75) is 33.1 Å². The van der Waals surface area contributed by atoms with Crippen molar-refractivity contribution < 1.29 is 4.21 Å². The zero-order valence-electron chi connectivity index (χ0n) is 8.43. The lowest BCUT2D eigenvalue weighted by Crippen LogP contribution is -2.23. The summed E-state index contributed by atoms with van der Waals surface area (Å²) < 4.78 is 10.7. The van der Waals surface area contributed by atoms with Gasteiger partial charge in [0.05, 0.1) is 0 Å². The highest BCUT2D eigenvalue weighted by Crippen LogP contribution is 2.20. The lowest BCUT2D eigenvalue weighted by molar-refractivity contribution is 0.336. The van der Waals surface area contributed by atoms with Gasteiger partial charge in [-0.05, 0) is 24.8 Å². The Labute approximate surface area is 78.4 Å². The monoisotopic (exact) mass is 191 g/mol. The topological polar surface area (TPSA) is 43.1 Å². The SMILES string of the molecule is CS(=O)CCCCC(C)(C)CN. The van der Waals surface area contributed by atoms with Gasteiger partial charge in [0.15, 0.2) is 0 Å². The molecule has 0 rings (SSSR count). The molecule has 0 aromatic heterocycles. The fraction of sp³-hybridized carbons (Fsp3) is 1.00. The van der Waals surface area contributed by atoms with E-state index < -0.39 is 10.8 Å². The summed E-state index contributed by atoms with van der Waals surface area (Å²) in [5.74, 6) is 0.834. The Hall–Kier alpha value is 0.110. The number of hydrogen-bond donors (Lipinski definition) is 1. The van der Waals surface area contributed by atoms with Gasteiger partial charge >= 0.3 is 0 Å². The number of rotatable bonds is 6. The van der Waals surface area contributed by atoms with Gasteiger partial charge in [-0.2, -0.15) is 0 Å². The minimum absolute atomic E-state index is 0.259. The van der Waals surface area contributed by atoms with Gasteiger partial charge in [-0.15, -0.1) is 0 Å². The summed E-state index contributed by atoms with van der Waals surface area (Å²) in [6.45, 7) is 5.09. The summed E-state index contributed by atoms with van der Waals surface area (Å²) in [5, 5.41) is 0. The van der Waals surface area contributed by atoms with Crippen LogP contribution in [0.15, 0.2) is 0 Å². The van der Waals surface area contributed by atoms with Crippen LogP contribution in [0.1, 0.15) is 33.1 Å². The van der Waals surface area contributed by atoms with Crippen LogP contribution >= 0.6 is 0 Å². The van der Waals surface area contributed by atoms with Gasteiger partial charge < -0.3 is 5.73 Å². The van der Waals surface area contributed by atoms with Crippen LogP contribution in [0.3, 0.4) is 0 Å². The van der Waals surface area contributed by atoms with Crippen molar-refractivity contribution in [3.63, 3.8) is 0 Å².